The molecule has 0 saturated heterocycles. The smallest absolute Gasteiger partial charge is 0.457 e. The van der Waals surface area contributed by atoms with Gasteiger partial charge in [0.25, 0.3) is 0 Å². The SMILES string of the molecule is CC/C=C\C/C=C\C/C=C\C/C=C\C/C=C\C/C=C\C/C=C\CCCC(=O)OC(COCCCCCCCCCCCCCC/C=C\C/C=C\CCCCCCC)COP(=O)(O)OCC(O)CO. The van der Waals surface area contributed by atoms with Gasteiger partial charge < -0.3 is 24.6 Å². The number of phosphoric ester groups is 1. The van der Waals surface area contributed by atoms with Crippen molar-refractivity contribution in [1.82, 2.24) is 0 Å². The van der Waals surface area contributed by atoms with Crippen LogP contribution in [-0.2, 0) is 27.9 Å². The van der Waals surface area contributed by atoms with E-state index < -0.39 is 45.8 Å². The Kier molecular flexibility index (Phi) is 51.2. The number of ether oxygens (including phenoxy) is 2. The molecule has 9 nitrogen and oxygen atoms in total. The number of allylic oxidation sites excluding steroid dienone is 18. The summed E-state index contributed by atoms with van der Waals surface area (Å²) in [5, 5.41) is 18.4. The Hall–Kier alpha value is -2.88. The molecular weight excluding hydrogens is 872 g/mol. The Balaban J connectivity index is 4.18. The summed E-state index contributed by atoms with van der Waals surface area (Å²) in [6.07, 6.45) is 70.7. The maximum atomic E-state index is 12.7. The van der Waals surface area contributed by atoms with Gasteiger partial charge in [0.05, 0.1) is 26.4 Å². The molecule has 0 aromatic heterocycles. The third-order valence-electron chi connectivity index (χ3n) is 10.9. The van der Waals surface area contributed by atoms with Crippen LogP contribution in [0.15, 0.2) is 109 Å². The normalized spacial score (nSPS) is 14.6. The number of carbonyl (C=O) groups is 1. The van der Waals surface area contributed by atoms with Crippen molar-refractivity contribution in [2.45, 2.75) is 219 Å². The van der Waals surface area contributed by atoms with Gasteiger partial charge in [-0.2, -0.15) is 0 Å². The van der Waals surface area contributed by atoms with E-state index in [1.807, 2.05) is 0 Å². The van der Waals surface area contributed by atoms with E-state index >= 15 is 0 Å². The molecule has 3 unspecified atom stereocenters. The van der Waals surface area contributed by atoms with Crippen LogP contribution in [0.3, 0.4) is 0 Å². The van der Waals surface area contributed by atoms with Crippen LogP contribution in [0, 0.1) is 0 Å². The van der Waals surface area contributed by atoms with E-state index in [4.69, 9.17) is 23.6 Å². The number of esters is 1. The van der Waals surface area contributed by atoms with Crippen LogP contribution in [0.25, 0.3) is 0 Å². The molecule has 3 atom stereocenters. The second-order valence-electron chi connectivity index (χ2n) is 17.5. The van der Waals surface area contributed by atoms with Crippen LogP contribution in [0.5, 0.6) is 0 Å². The van der Waals surface area contributed by atoms with E-state index in [-0.39, 0.29) is 13.0 Å². The fourth-order valence-electron chi connectivity index (χ4n) is 6.90. The molecule has 0 amide bonds. The Morgan fingerprint density at radius 3 is 1.26 bits per heavy atom. The van der Waals surface area contributed by atoms with Gasteiger partial charge in [-0.15, -0.1) is 0 Å². The van der Waals surface area contributed by atoms with Crippen LogP contribution in [0.4, 0.5) is 0 Å². The number of carbonyl (C=O) groups excluding carboxylic acids is 1. The van der Waals surface area contributed by atoms with Crippen molar-refractivity contribution in [3.8, 4) is 0 Å². The molecule has 0 bridgehead atoms. The quantitative estimate of drug-likeness (QED) is 0.0236. The largest absolute Gasteiger partial charge is 0.472 e. The topological polar surface area (TPSA) is 132 Å². The summed E-state index contributed by atoms with van der Waals surface area (Å²) in [6, 6.07) is 0. The zero-order valence-corrected chi connectivity index (χ0v) is 43.9. The second-order valence-corrected chi connectivity index (χ2v) is 19.0. The minimum absolute atomic E-state index is 0.0184. The van der Waals surface area contributed by atoms with Crippen molar-refractivity contribution in [3.05, 3.63) is 109 Å². The Morgan fingerprint density at radius 1 is 0.471 bits per heavy atom. The molecule has 0 aliphatic heterocycles. The van der Waals surface area contributed by atoms with Crippen molar-refractivity contribution >= 4 is 13.8 Å². The maximum Gasteiger partial charge on any atom is 0.472 e. The summed E-state index contributed by atoms with van der Waals surface area (Å²) < 4.78 is 33.5. The highest BCUT2D eigenvalue weighted by molar-refractivity contribution is 7.47. The summed E-state index contributed by atoms with van der Waals surface area (Å²) in [4.78, 5) is 22.7. The summed E-state index contributed by atoms with van der Waals surface area (Å²) in [5.41, 5.74) is 0. The summed E-state index contributed by atoms with van der Waals surface area (Å²) in [6.45, 7) is 3.31. The molecule has 0 aliphatic carbocycles. The van der Waals surface area contributed by atoms with Gasteiger partial charge in [0.15, 0.2) is 0 Å². The molecule has 3 N–H and O–H groups in total. The number of unbranched alkanes of at least 4 members (excludes halogenated alkanes) is 18. The number of hydrogen-bond donors (Lipinski definition) is 3. The van der Waals surface area contributed by atoms with Gasteiger partial charge in [0.2, 0.25) is 0 Å². The van der Waals surface area contributed by atoms with Crippen LogP contribution >= 0.6 is 7.82 Å². The number of aliphatic hydroxyl groups is 2. The Bertz CT molecular complexity index is 1430. The molecule has 0 aliphatic rings. The van der Waals surface area contributed by atoms with Gasteiger partial charge >= 0.3 is 13.8 Å². The van der Waals surface area contributed by atoms with Crippen molar-refractivity contribution in [2.24, 2.45) is 0 Å². The molecule has 68 heavy (non-hydrogen) atoms. The lowest BCUT2D eigenvalue weighted by Gasteiger charge is -2.20. The monoisotopic (exact) mass is 971 g/mol. The molecule has 0 fully saturated rings. The zero-order chi connectivity index (χ0) is 49.5. The second kappa shape index (κ2) is 53.5. The lowest BCUT2D eigenvalue weighted by Crippen LogP contribution is -2.29. The Morgan fingerprint density at radius 2 is 0.838 bits per heavy atom. The van der Waals surface area contributed by atoms with E-state index in [1.54, 1.807) is 0 Å². The van der Waals surface area contributed by atoms with Gasteiger partial charge in [-0.05, 0) is 96.3 Å². The Labute approximate surface area is 416 Å². The van der Waals surface area contributed by atoms with E-state index in [0.29, 0.717) is 13.0 Å². The maximum absolute atomic E-state index is 12.7. The van der Waals surface area contributed by atoms with E-state index in [9.17, 15) is 19.4 Å². The molecule has 0 aromatic carbocycles. The van der Waals surface area contributed by atoms with Gasteiger partial charge in [0, 0.05) is 13.0 Å². The molecule has 390 valence electrons. The lowest BCUT2D eigenvalue weighted by molar-refractivity contribution is -0.154. The molecule has 0 spiro atoms. The predicted octanol–water partition coefficient (Wildman–Crippen LogP) is 16.2. The average molecular weight is 971 g/mol. The predicted molar refractivity (Wildman–Crippen MR) is 288 cm³/mol. The average Bonchev–Trinajstić information content (AvgIpc) is 3.33. The van der Waals surface area contributed by atoms with Gasteiger partial charge in [-0.1, -0.05) is 213 Å². The summed E-state index contributed by atoms with van der Waals surface area (Å²) >= 11 is 0. The standard InChI is InChI=1S/C58H99O9P/c1-3-5-7-9-11-13-15-17-19-21-23-25-27-29-31-33-35-37-39-41-43-45-47-49-51-64-54-57(55-66-68(62,63)65-53-56(60)52-59)67-58(61)50-48-46-44-42-40-38-36-34-32-30-28-26-24-22-20-18-16-14-12-10-8-6-4-2/h6,8,12,14-15,17-18,20-21,23-24,26,30,32,36,38,42,44,56-57,59-60H,3-5,7,9-11,13,16,19,22,25,27-29,31,33-35,37,39-41,43,45-55H2,1-2H3,(H,62,63)/b8-6-,14-12-,17-15-,20-18-,23-21-,26-24-,32-30-,38-36-,44-42-. The number of aliphatic hydroxyl groups excluding tert-OH is 2. The molecular formula is C58H99O9P. The van der Waals surface area contributed by atoms with Crippen LogP contribution in [0.2, 0.25) is 0 Å². The third kappa shape index (κ3) is 52.5. The van der Waals surface area contributed by atoms with Crippen LogP contribution in [0.1, 0.15) is 206 Å². The van der Waals surface area contributed by atoms with Crippen molar-refractivity contribution in [1.29, 1.82) is 0 Å². The first-order valence-electron chi connectivity index (χ1n) is 26.9. The molecule has 0 rings (SSSR count). The first kappa shape index (κ1) is 65.1. The fraction of sp³-hybridized carbons (Fsp3) is 0.672. The highest BCUT2D eigenvalue weighted by Crippen LogP contribution is 2.43. The summed E-state index contributed by atoms with van der Waals surface area (Å²) in [5.74, 6) is -0.442. The lowest BCUT2D eigenvalue weighted by atomic mass is 10.0. The van der Waals surface area contributed by atoms with E-state index in [0.717, 1.165) is 77.0 Å². The van der Waals surface area contributed by atoms with Crippen molar-refractivity contribution in [3.63, 3.8) is 0 Å². The first-order valence-corrected chi connectivity index (χ1v) is 28.4. The highest BCUT2D eigenvalue weighted by atomic mass is 31.2. The van der Waals surface area contributed by atoms with Gasteiger partial charge in [0.1, 0.15) is 12.2 Å². The number of phosphoric acid groups is 1. The molecule has 0 heterocycles. The molecule has 0 saturated carbocycles. The summed E-state index contributed by atoms with van der Waals surface area (Å²) in [7, 11) is -4.55. The van der Waals surface area contributed by atoms with E-state index in [2.05, 4.69) is 123 Å². The van der Waals surface area contributed by atoms with E-state index in [1.165, 1.54) is 103 Å². The highest BCUT2D eigenvalue weighted by Gasteiger charge is 2.26. The number of rotatable bonds is 50. The van der Waals surface area contributed by atoms with Crippen LogP contribution in [-0.4, -0.2) is 66.3 Å². The van der Waals surface area contributed by atoms with Gasteiger partial charge in [-0.3, -0.25) is 13.8 Å². The molecule has 10 heteroatoms. The van der Waals surface area contributed by atoms with Crippen molar-refractivity contribution < 1.29 is 43.0 Å². The van der Waals surface area contributed by atoms with Crippen LogP contribution < -0.4 is 0 Å². The zero-order valence-electron chi connectivity index (χ0n) is 43.0. The minimum Gasteiger partial charge on any atom is -0.457 e. The molecule has 0 aromatic rings. The fourth-order valence-corrected chi connectivity index (χ4v) is 7.69. The third-order valence-corrected chi connectivity index (χ3v) is 11.9. The minimum atomic E-state index is -4.55. The molecule has 0 radical (unpaired) electrons. The number of hydrogen-bond acceptors (Lipinski definition) is 8. The first-order chi connectivity index (χ1) is 33.3. The van der Waals surface area contributed by atoms with Crippen molar-refractivity contribution in [2.75, 3.05) is 33.0 Å². The van der Waals surface area contributed by atoms with Gasteiger partial charge in [-0.25, -0.2) is 4.57 Å².